The largest absolute Gasteiger partial charge is 0.423 e. The minimum Gasteiger partial charge on any atom is -0.423 e. The number of allylic oxidation sites excluding steroid dienone is 1. The molecule has 0 atom stereocenters. The fourth-order valence-corrected chi connectivity index (χ4v) is 1.19. The van der Waals surface area contributed by atoms with Gasteiger partial charge in [0.05, 0.1) is 0 Å². The molecule has 0 aliphatic rings. The molecule has 4 nitrogen and oxygen atoms in total. The summed E-state index contributed by atoms with van der Waals surface area (Å²) in [4.78, 5) is 22.1. The minimum absolute atomic E-state index is 0.140. The van der Waals surface area contributed by atoms with Crippen molar-refractivity contribution in [2.24, 2.45) is 0 Å². The van der Waals surface area contributed by atoms with Crippen LogP contribution in [0, 0.1) is 0 Å². The Morgan fingerprint density at radius 1 is 1.12 bits per heavy atom. The van der Waals surface area contributed by atoms with Gasteiger partial charge in [0, 0.05) is 18.7 Å². The van der Waals surface area contributed by atoms with E-state index in [4.69, 9.17) is 4.74 Å². The van der Waals surface area contributed by atoms with Gasteiger partial charge in [0.2, 0.25) is 5.91 Å². The quantitative estimate of drug-likeness (QED) is 0.496. The Balaban J connectivity index is 2.65. The van der Waals surface area contributed by atoms with Gasteiger partial charge in [-0.15, -0.1) is 0 Å². The van der Waals surface area contributed by atoms with Crippen LogP contribution in [-0.4, -0.2) is 11.9 Å². The highest BCUT2D eigenvalue weighted by Gasteiger charge is 2.01. The highest BCUT2D eigenvalue weighted by molar-refractivity contribution is 5.89. The maximum atomic E-state index is 11.3. The molecule has 0 heterocycles. The monoisotopic (exact) mass is 233 g/mol. The van der Waals surface area contributed by atoms with Crippen molar-refractivity contribution in [2.75, 3.05) is 5.32 Å². The van der Waals surface area contributed by atoms with Crippen LogP contribution >= 0.6 is 0 Å². The van der Waals surface area contributed by atoms with Gasteiger partial charge in [-0.2, -0.15) is 0 Å². The predicted molar refractivity (Wildman–Crippen MR) is 65.8 cm³/mol. The molecular formula is C13H15NO3. The number of amides is 1. The molecule has 0 aromatic heterocycles. The third kappa shape index (κ3) is 4.97. The number of carbonyl (C=O) groups is 2. The molecule has 0 fully saturated rings. The lowest BCUT2D eigenvalue weighted by Gasteiger charge is -2.04. The third-order valence-electron chi connectivity index (χ3n) is 1.80. The molecule has 1 amide bonds. The number of benzene rings is 1. The molecule has 1 rings (SSSR count). The topological polar surface area (TPSA) is 55.4 Å². The first kappa shape index (κ1) is 13.0. The van der Waals surface area contributed by atoms with Crippen molar-refractivity contribution >= 4 is 17.6 Å². The molecule has 0 saturated carbocycles. The van der Waals surface area contributed by atoms with Crippen LogP contribution in [0.15, 0.2) is 35.9 Å². The molecule has 17 heavy (non-hydrogen) atoms. The molecule has 0 saturated heterocycles. The number of hydrogen-bond acceptors (Lipinski definition) is 3. The number of anilines is 1. The van der Waals surface area contributed by atoms with E-state index in [1.807, 2.05) is 13.8 Å². The minimum atomic E-state index is -0.405. The first-order valence-corrected chi connectivity index (χ1v) is 5.22. The summed E-state index contributed by atoms with van der Waals surface area (Å²) in [6.07, 6.45) is 1.42. The summed E-state index contributed by atoms with van der Waals surface area (Å²) >= 11 is 0. The van der Waals surface area contributed by atoms with Gasteiger partial charge in [-0.25, -0.2) is 4.79 Å². The molecular weight excluding hydrogens is 218 g/mol. The Morgan fingerprint density at radius 3 is 2.18 bits per heavy atom. The Hall–Kier alpha value is -2.10. The molecule has 0 bridgehead atoms. The highest BCUT2D eigenvalue weighted by atomic mass is 16.5. The summed E-state index contributed by atoms with van der Waals surface area (Å²) in [5.41, 5.74) is 1.55. The van der Waals surface area contributed by atoms with Gasteiger partial charge in [0.1, 0.15) is 5.75 Å². The molecule has 0 aliphatic heterocycles. The average molecular weight is 233 g/mol. The molecule has 0 radical (unpaired) electrons. The number of ether oxygens (including phenoxy) is 1. The number of nitrogens with one attached hydrogen (secondary N) is 1. The summed E-state index contributed by atoms with van der Waals surface area (Å²) in [6.45, 7) is 5.07. The summed E-state index contributed by atoms with van der Waals surface area (Å²) in [5.74, 6) is -0.0989. The SMILES string of the molecule is CC(=O)Nc1ccc(OC(=O)C=C(C)C)cc1. The smallest absolute Gasteiger partial charge is 0.336 e. The van der Waals surface area contributed by atoms with Gasteiger partial charge in [-0.3, -0.25) is 4.79 Å². The van der Waals surface area contributed by atoms with E-state index in [1.165, 1.54) is 13.0 Å². The summed E-state index contributed by atoms with van der Waals surface area (Å²) < 4.78 is 5.06. The molecule has 1 N–H and O–H groups in total. The Labute approximate surface area is 100 Å². The predicted octanol–water partition coefficient (Wildman–Crippen LogP) is 2.52. The number of esters is 1. The van der Waals surface area contributed by atoms with Crippen LogP contribution in [0.3, 0.4) is 0 Å². The van der Waals surface area contributed by atoms with Crippen LogP contribution in [0.25, 0.3) is 0 Å². The van der Waals surface area contributed by atoms with Crippen molar-refractivity contribution < 1.29 is 14.3 Å². The van der Waals surface area contributed by atoms with Crippen molar-refractivity contribution in [3.63, 3.8) is 0 Å². The lowest BCUT2D eigenvalue weighted by Crippen LogP contribution is -2.06. The van der Waals surface area contributed by atoms with Gasteiger partial charge >= 0.3 is 5.97 Å². The van der Waals surface area contributed by atoms with E-state index in [0.717, 1.165) is 5.57 Å². The molecule has 0 spiro atoms. The molecule has 4 heteroatoms. The number of hydrogen-bond donors (Lipinski definition) is 1. The second kappa shape index (κ2) is 5.84. The van der Waals surface area contributed by atoms with Gasteiger partial charge in [-0.1, -0.05) is 5.57 Å². The van der Waals surface area contributed by atoms with E-state index in [9.17, 15) is 9.59 Å². The van der Waals surface area contributed by atoms with Crippen LogP contribution in [0.5, 0.6) is 5.75 Å². The Morgan fingerprint density at radius 2 is 1.71 bits per heavy atom. The maximum Gasteiger partial charge on any atom is 0.336 e. The number of rotatable bonds is 3. The van der Waals surface area contributed by atoms with Crippen LogP contribution in [0.2, 0.25) is 0 Å². The lowest BCUT2D eigenvalue weighted by atomic mass is 10.3. The molecule has 1 aromatic rings. The normalized spacial score (nSPS) is 9.35. The first-order chi connectivity index (χ1) is 7.97. The zero-order valence-electron chi connectivity index (χ0n) is 10.1. The van der Waals surface area contributed by atoms with Crippen molar-refractivity contribution in [1.29, 1.82) is 0 Å². The lowest BCUT2D eigenvalue weighted by molar-refractivity contribution is -0.129. The Kier molecular flexibility index (Phi) is 4.46. The molecule has 0 unspecified atom stereocenters. The van der Waals surface area contributed by atoms with Crippen LogP contribution in [0.4, 0.5) is 5.69 Å². The fraction of sp³-hybridized carbons (Fsp3) is 0.231. The maximum absolute atomic E-state index is 11.3. The standard InChI is InChI=1S/C13H15NO3/c1-9(2)8-13(16)17-12-6-4-11(5-7-12)14-10(3)15/h4-8H,1-3H3,(H,14,15). The molecule has 0 aliphatic carbocycles. The van der Waals surface area contributed by atoms with E-state index in [1.54, 1.807) is 24.3 Å². The summed E-state index contributed by atoms with van der Waals surface area (Å²) in [7, 11) is 0. The van der Waals surface area contributed by atoms with Crippen molar-refractivity contribution in [3.05, 3.63) is 35.9 Å². The zero-order chi connectivity index (χ0) is 12.8. The van der Waals surface area contributed by atoms with Gasteiger partial charge in [0.15, 0.2) is 0 Å². The molecule has 1 aromatic carbocycles. The van der Waals surface area contributed by atoms with Crippen molar-refractivity contribution in [3.8, 4) is 5.75 Å². The van der Waals surface area contributed by atoms with Crippen molar-refractivity contribution in [1.82, 2.24) is 0 Å². The van der Waals surface area contributed by atoms with E-state index >= 15 is 0 Å². The summed E-state index contributed by atoms with van der Waals surface area (Å²) in [5, 5.41) is 2.63. The number of carbonyl (C=O) groups excluding carboxylic acids is 2. The second-order valence-electron chi connectivity index (χ2n) is 3.85. The highest BCUT2D eigenvalue weighted by Crippen LogP contribution is 2.16. The van der Waals surface area contributed by atoms with E-state index in [2.05, 4.69) is 5.32 Å². The van der Waals surface area contributed by atoms with E-state index in [0.29, 0.717) is 11.4 Å². The van der Waals surface area contributed by atoms with Gasteiger partial charge in [-0.05, 0) is 38.1 Å². The average Bonchev–Trinajstić information content (AvgIpc) is 2.18. The molecule has 90 valence electrons. The van der Waals surface area contributed by atoms with E-state index < -0.39 is 5.97 Å². The van der Waals surface area contributed by atoms with E-state index in [-0.39, 0.29) is 5.91 Å². The third-order valence-corrected chi connectivity index (χ3v) is 1.80. The Bertz CT molecular complexity index is 442. The van der Waals surface area contributed by atoms with Crippen LogP contribution in [0.1, 0.15) is 20.8 Å². The summed E-state index contributed by atoms with van der Waals surface area (Å²) in [6, 6.07) is 6.60. The fourth-order valence-electron chi connectivity index (χ4n) is 1.19. The van der Waals surface area contributed by atoms with Crippen LogP contribution in [-0.2, 0) is 9.59 Å². The first-order valence-electron chi connectivity index (χ1n) is 5.22. The van der Waals surface area contributed by atoms with Gasteiger partial charge < -0.3 is 10.1 Å². The van der Waals surface area contributed by atoms with Crippen molar-refractivity contribution in [2.45, 2.75) is 20.8 Å². The second-order valence-corrected chi connectivity index (χ2v) is 3.85. The van der Waals surface area contributed by atoms with Gasteiger partial charge in [0.25, 0.3) is 0 Å². The zero-order valence-corrected chi connectivity index (χ0v) is 10.1. The van der Waals surface area contributed by atoms with Crippen LogP contribution < -0.4 is 10.1 Å².